The Kier molecular flexibility index (Phi) is 7.57. The van der Waals surface area contributed by atoms with E-state index in [-0.39, 0.29) is 17.9 Å². The summed E-state index contributed by atoms with van der Waals surface area (Å²) in [6.45, 7) is 6.71. The fourth-order valence-corrected chi connectivity index (χ4v) is 4.31. The van der Waals surface area contributed by atoms with Crippen molar-refractivity contribution < 1.29 is 9.53 Å². The fourth-order valence-electron chi connectivity index (χ4n) is 4.11. The maximum absolute atomic E-state index is 13.0. The molecule has 1 N–H and O–H groups in total. The molecule has 156 valence electrons. The molecule has 29 heavy (non-hydrogen) atoms. The molecule has 1 aliphatic rings. The molecule has 1 amide bonds. The second-order valence-corrected chi connectivity index (χ2v) is 8.27. The predicted octanol–water partition coefficient (Wildman–Crippen LogP) is 5.14. The molecule has 5 heteroatoms. The summed E-state index contributed by atoms with van der Waals surface area (Å²) >= 11 is 6.32. The highest BCUT2D eigenvalue weighted by molar-refractivity contribution is 6.31. The number of methoxy groups -OCH3 is 1. The topological polar surface area (TPSA) is 41.6 Å². The summed E-state index contributed by atoms with van der Waals surface area (Å²) in [5.74, 6) is 1.03. The van der Waals surface area contributed by atoms with E-state index >= 15 is 0 Å². The van der Waals surface area contributed by atoms with Gasteiger partial charge in [-0.15, -0.1) is 0 Å². The first kappa shape index (κ1) is 21.7. The lowest BCUT2D eigenvalue weighted by Gasteiger charge is -2.33. The summed E-state index contributed by atoms with van der Waals surface area (Å²) in [5, 5.41) is 4.07. The zero-order valence-corrected chi connectivity index (χ0v) is 18.3. The zero-order valence-electron chi connectivity index (χ0n) is 17.6. The lowest BCUT2D eigenvalue weighted by Crippen LogP contribution is -2.43. The molecule has 0 unspecified atom stereocenters. The summed E-state index contributed by atoms with van der Waals surface area (Å²) in [6.07, 6.45) is 2.82. The number of amides is 1. The van der Waals surface area contributed by atoms with Crippen LogP contribution in [0.4, 0.5) is 0 Å². The molecule has 0 aliphatic carbocycles. The van der Waals surface area contributed by atoms with Gasteiger partial charge in [0.2, 0.25) is 5.91 Å². The second kappa shape index (κ2) is 10.1. The van der Waals surface area contributed by atoms with Crippen LogP contribution >= 0.6 is 11.6 Å². The van der Waals surface area contributed by atoms with Crippen molar-refractivity contribution in [1.82, 2.24) is 10.2 Å². The number of hydrogen-bond donors (Lipinski definition) is 1. The molecule has 0 saturated carbocycles. The van der Waals surface area contributed by atoms with E-state index in [0.29, 0.717) is 0 Å². The van der Waals surface area contributed by atoms with Crippen molar-refractivity contribution in [3.05, 3.63) is 64.2 Å². The minimum atomic E-state index is 0.0135. The van der Waals surface area contributed by atoms with Gasteiger partial charge >= 0.3 is 0 Å². The molecule has 0 aromatic heterocycles. The van der Waals surface area contributed by atoms with E-state index in [1.165, 1.54) is 0 Å². The SMILES string of the molecule is CC[C@H](NC(=O)[C@H]1CCCN(Cc2ccccc2Cl)C1)c1ccc(OC)c(C)c1. The van der Waals surface area contributed by atoms with Crippen molar-refractivity contribution >= 4 is 17.5 Å². The van der Waals surface area contributed by atoms with E-state index in [1.807, 2.05) is 37.3 Å². The number of benzene rings is 2. The average molecular weight is 415 g/mol. The van der Waals surface area contributed by atoms with Gasteiger partial charge in [0.05, 0.1) is 19.1 Å². The number of carbonyl (C=O) groups is 1. The fraction of sp³-hybridized carbons (Fsp3) is 0.458. The van der Waals surface area contributed by atoms with E-state index < -0.39 is 0 Å². The Bertz CT molecular complexity index is 839. The van der Waals surface area contributed by atoms with Crippen molar-refractivity contribution in [3.8, 4) is 5.75 Å². The lowest BCUT2D eigenvalue weighted by molar-refractivity contribution is -0.127. The number of rotatable bonds is 7. The summed E-state index contributed by atoms with van der Waals surface area (Å²) in [4.78, 5) is 15.4. The molecule has 3 rings (SSSR count). The van der Waals surface area contributed by atoms with Gasteiger partial charge in [-0.25, -0.2) is 0 Å². The van der Waals surface area contributed by atoms with Gasteiger partial charge in [-0.1, -0.05) is 48.9 Å². The van der Waals surface area contributed by atoms with E-state index in [4.69, 9.17) is 16.3 Å². The Morgan fingerprint density at radius 2 is 2.10 bits per heavy atom. The second-order valence-electron chi connectivity index (χ2n) is 7.86. The lowest BCUT2D eigenvalue weighted by atomic mass is 9.95. The van der Waals surface area contributed by atoms with Gasteiger partial charge in [-0.3, -0.25) is 9.69 Å². The minimum absolute atomic E-state index is 0.0135. The molecular formula is C24H31ClN2O2. The number of ether oxygens (including phenoxy) is 1. The number of nitrogens with one attached hydrogen (secondary N) is 1. The summed E-state index contributed by atoms with van der Waals surface area (Å²) in [5.41, 5.74) is 3.33. The Balaban J connectivity index is 1.63. The Morgan fingerprint density at radius 3 is 2.79 bits per heavy atom. The highest BCUT2D eigenvalue weighted by atomic mass is 35.5. The normalized spacial score (nSPS) is 18.3. The van der Waals surface area contributed by atoms with Crippen molar-refractivity contribution in [1.29, 1.82) is 0 Å². The van der Waals surface area contributed by atoms with E-state index in [9.17, 15) is 4.79 Å². The molecule has 0 bridgehead atoms. The van der Waals surface area contributed by atoms with Gasteiger partial charge in [-0.05, 0) is 61.6 Å². The van der Waals surface area contributed by atoms with Crippen molar-refractivity contribution in [2.75, 3.05) is 20.2 Å². The first-order chi connectivity index (χ1) is 14.0. The number of carbonyl (C=O) groups excluding carboxylic acids is 1. The third-order valence-corrected chi connectivity index (χ3v) is 6.14. The quantitative estimate of drug-likeness (QED) is 0.682. The molecule has 1 aliphatic heterocycles. The minimum Gasteiger partial charge on any atom is -0.496 e. The smallest absolute Gasteiger partial charge is 0.224 e. The number of aryl methyl sites for hydroxylation is 1. The average Bonchev–Trinajstić information content (AvgIpc) is 2.73. The molecular weight excluding hydrogens is 384 g/mol. The summed E-state index contributed by atoms with van der Waals surface area (Å²) in [7, 11) is 1.68. The Labute approximate surface area is 179 Å². The molecule has 1 saturated heterocycles. The zero-order chi connectivity index (χ0) is 20.8. The van der Waals surface area contributed by atoms with Gasteiger partial charge in [0, 0.05) is 18.1 Å². The van der Waals surface area contributed by atoms with E-state index in [2.05, 4.69) is 29.3 Å². The first-order valence-corrected chi connectivity index (χ1v) is 10.8. The van der Waals surface area contributed by atoms with Gasteiger partial charge in [0.15, 0.2) is 0 Å². The van der Waals surface area contributed by atoms with Crippen LogP contribution < -0.4 is 10.1 Å². The number of halogens is 1. The highest BCUT2D eigenvalue weighted by Gasteiger charge is 2.27. The first-order valence-electron chi connectivity index (χ1n) is 10.4. The predicted molar refractivity (Wildman–Crippen MR) is 118 cm³/mol. The van der Waals surface area contributed by atoms with Gasteiger partial charge < -0.3 is 10.1 Å². The molecule has 2 aromatic carbocycles. The standard InChI is InChI=1S/C24H31ClN2O2/c1-4-22(18-11-12-23(29-3)17(2)14-18)26-24(28)20-9-7-13-27(16-20)15-19-8-5-6-10-21(19)25/h5-6,8,10-12,14,20,22H,4,7,9,13,15-16H2,1-3H3,(H,26,28)/t20-,22-/m0/s1. The maximum Gasteiger partial charge on any atom is 0.224 e. The molecule has 2 atom stereocenters. The molecule has 4 nitrogen and oxygen atoms in total. The van der Waals surface area contributed by atoms with Crippen LogP contribution in [0.3, 0.4) is 0 Å². The van der Waals surface area contributed by atoms with E-state index in [0.717, 1.165) is 66.4 Å². The van der Waals surface area contributed by atoms with Crippen LogP contribution in [0.5, 0.6) is 5.75 Å². The summed E-state index contributed by atoms with van der Waals surface area (Å²) in [6, 6.07) is 14.1. The maximum atomic E-state index is 13.0. The van der Waals surface area contributed by atoms with Crippen LogP contribution in [0, 0.1) is 12.8 Å². The van der Waals surface area contributed by atoms with Gasteiger partial charge in [0.1, 0.15) is 5.75 Å². The van der Waals surface area contributed by atoms with E-state index in [1.54, 1.807) is 7.11 Å². The van der Waals surface area contributed by atoms with Crippen LogP contribution in [0.25, 0.3) is 0 Å². The van der Waals surface area contributed by atoms with Crippen molar-refractivity contribution in [2.24, 2.45) is 5.92 Å². The highest BCUT2D eigenvalue weighted by Crippen LogP contribution is 2.26. The van der Waals surface area contributed by atoms with Crippen LogP contribution in [-0.4, -0.2) is 31.0 Å². The largest absolute Gasteiger partial charge is 0.496 e. The van der Waals surface area contributed by atoms with Gasteiger partial charge in [0.25, 0.3) is 0 Å². The van der Waals surface area contributed by atoms with Crippen molar-refractivity contribution in [3.63, 3.8) is 0 Å². The number of nitrogens with zero attached hydrogens (tertiary/aromatic N) is 1. The van der Waals surface area contributed by atoms with Crippen LogP contribution in [0.2, 0.25) is 5.02 Å². The Morgan fingerprint density at radius 1 is 1.31 bits per heavy atom. The number of likely N-dealkylation sites (tertiary alicyclic amines) is 1. The number of hydrogen-bond acceptors (Lipinski definition) is 3. The number of piperidine rings is 1. The van der Waals surface area contributed by atoms with Crippen LogP contribution in [0.1, 0.15) is 48.9 Å². The Hall–Kier alpha value is -2.04. The monoisotopic (exact) mass is 414 g/mol. The molecule has 0 radical (unpaired) electrons. The van der Waals surface area contributed by atoms with Crippen LogP contribution in [-0.2, 0) is 11.3 Å². The van der Waals surface area contributed by atoms with Crippen molar-refractivity contribution in [2.45, 2.75) is 45.7 Å². The van der Waals surface area contributed by atoms with Crippen LogP contribution in [0.15, 0.2) is 42.5 Å². The molecule has 1 heterocycles. The third kappa shape index (κ3) is 5.52. The van der Waals surface area contributed by atoms with Gasteiger partial charge in [-0.2, -0.15) is 0 Å². The molecule has 1 fully saturated rings. The molecule has 0 spiro atoms. The summed E-state index contributed by atoms with van der Waals surface area (Å²) < 4.78 is 5.36. The third-order valence-electron chi connectivity index (χ3n) is 5.77. The molecule has 2 aromatic rings.